The van der Waals surface area contributed by atoms with E-state index in [1.165, 1.54) is 0 Å². The Morgan fingerprint density at radius 1 is 1.35 bits per heavy atom. The molecule has 1 aliphatic rings. The lowest BCUT2D eigenvalue weighted by atomic mass is 10.1. The molecule has 0 radical (unpaired) electrons. The van der Waals surface area contributed by atoms with Crippen molar-refractivity contribution >= 4 is 34.3 Å². The number of hydrogen-bond donors (Lipinski definition) is 1. The zero-order valence-electron chi connectivity index (χ0n) is 9.28. The molecule has 0 unspecified atom stereocenters. The van der Waals surface area contributed by atoms with E-state index in [9.17, 15) is 9.59 Å². The number of piperazine rings is 1. The smallest absolute Gasteiger partial charge is 0.234 e. The largest absolute Gasteiger partial charge is 0.354 e. The van der Waals surface area contributed by atoms with Crippen LogP contribution in [-0.2, 0) is 4.79 Å². The summed E-state index contributed by atoms with van der Waals surface area (Å²) in [6.45, 7) is 1.99. The molecule has 5 heteroatoms. The van der Waals surface area contributed by atoms with Crippen LogP contribution in [0.15, 0.2) is 24.3 Å². The number of nitrogens with zero attached hydrogens (tertiary/aromatic N) is 1. The molecule has 1 aromatic carbocycles. The van der Waals surface area contributed by atoms with Crippen molar-refractivity contribution in [3.63, 3.8) is 0 Å². The minimum absolute atomic E-state index is 0.00772. The first-order chi connectivity index (χ1) is 8.15. The molecule has 0 aromatic heterocycles. The van der Waals surface area contributed by atoms with Crippen molar-refractivity contribution in [1.29, 1.82) is 0 Å². The monoisotopic (exact) mass is 344 g/mol. The van der Waals surface area contributed by atoms with E-state index >= 15 is 0 Å². The molecule has 2 rings (SSSR count). The van der Waals surface area contributed by atoms with Crippen molar-refractivity contribution in [1.82, 2.24) is 10.2 Å². The average Bonchev–Trinajstić information content (AvgIpc) is 2.29. The molecular weight excluding hydrogens is 331 g/mol. The van der Waals surface area contributed by atoms with Gasteiger partial charge in [-0.15, -0.1) is 0 Å². The van der Waals surface area contributed by atoms with Gasteiger partial charge in [-0.25, -0.2) is 0 Å². The number of carbonyl (C=O) groups excluding carboxylic acids is 2. The maximum absolute atomic E-state index is 12.0. The third-order valence-electron chi connectivity index (χ3n) is 2.65. The first kappa shape index (κ1) is 12.5. The van der Waals surface area contributed by atoms with Crippen LogP contribution < -0.4 is 5.32 Å². The maximum Gasteiger partial charge on any atom is 0.234 e. The fourth-order valence-electron chi connectivity index (χ4n) is 1.76. The van der Waals surface area contributed by atoms with Crippen LogP contribution in [0.2, 0.25) is 0 Å². The number of nitrogens with one attached hydrogen (secondary N) is 1. The summed E-state index contributed by atoms with van der Waals surface area (Å²) in [5.41, 5.74) is 0.705. The Morgan fingerprint density at radius 3 is 2.71 bits per heavy atom. The van der Waals surface area contributed by atoms with Crippen molar-refractivity contribution in [2.24, 2.45) is 0 Å². The SMILES string of the molecule is O=C1CN(CC(=O)c2ccc(I)cc2)CCN1. The van der Waals surface area contributed by atoms with Crippen LogP contribution in [0.5, 0.6) is 0 Å². The second-order valence-electron chi connectivity index (χ2n) is 3.99. The molecule has 90 valence electrons. The third-order valence-corrected chi connectivity index (χ3v) is 3.37. The first-order valence-electron chi connectivity index (χ1n) is 5.43. The van der Waals surface area contributed by atoms with Crippen LogP contribution in [0.1, 0.15) is 10.4 Å². The van der Waals surface area contributed by atoms with Gasteiger partial charge in [-0.05, 0) is 34.7 Å². The van der Waals surface area contributed by atoms with Gasteiger partial charge in [0.05, 0.1) is 13.1 Å². The van der Waals surface area contributed by atoms with Crippen molar-refractivity contribution in [3.05, 3.63) is 33.4 Å². The van der Waals surface area contributed by atoms with Crippen LogP contribution in [0.3, 0.4) is 0 Å². The summed E-state index contributed by atoms with van der Waals surface area (Å²) in [7, 11) is 0. The number of hydrogen-bond acceptors (Lipinski definition) is 3. The summed E-state index contributed by atoms with van der Waals surface area (Å²) >= 11 is 2.20. The summed E-state index contributed by atoms with van der Waals surface area (Å²) in [4.78, 5) is 25.0. The van der Waals surface area contributed by atoms with Gasteiger partial charge in [0.15, 0.2) is 5.78 Å². The molecule has 0 saturated carbocycles. The highest BCUT2D eigenvalue weighted by Crippen LogP contribution is 2.08. The van der Waals surface area contributed by atoms with Crippen molar-refractivity contribution in [2.45, 2.75) is 0 Å². The summed E-state index contributed by atoms with van der Waals surface area (Å²) in [6.07, 6.45) is 0. The fourth-order valence-corrected chi connectivity index (χ4v) is 2.12. The number of halogens is 1. The van der Waals surface area contributed by atoms with E-state index in [1.54, 1.807) is 0 Å². The normalized spacial score (nSPS) is 16.6. The van der Waals surface area contributed by atoms with Gasteiger partial charge in [-0.3, -0.25) is 14.5 Å². The number of amides is 1. The molecular formula is C12H13IN2O2. The van der Waals surface area contributed by atoms with Crippen molar-refractivity contribution in [2.75, 3.05) is 26.2 Å². The molecule has 1 aliphatic heterocycles. The minimum atomic E-state index is -0.00772. The topological polar surface area (TPSA) is 49.4 Å². The van der Waals surface area contributed by atoms with E-state index in [-0.39, 0.29) is 11.7 Å². The molecule has 0 bridgehead atoms. The first-order valence-corrected chi connectivity index (χ1v) is 6.51. The van der Waals surface area contributed by atoms with E-state index < -0.39 is 0 Å². The van der Waals surface area contributed by atoms with Crippen LogP contribution in [0.25, 0.3) is 0 Å². The van der Waals surface area contributed by atoms with Crippen LogP contribution in [0, 0.1) is 3.57 Å². The molecule has 1 N–H and O–H groups in total. The highest BCUT2D eigenvalue weighted by Gasteiger charge is 2.18. The van der Waals surface area contributed by atoms with Crippen LogP contribution in [-0.4, -0.2) is 42.8 Å². The quantitative estimate of drug-likeness (QED) is 0.655. The molecule has 17 heavy (non-hydrogen) atoms. The van der Waals surface area contributed by atoms with E-state index in [4.69, 9.17) is 0 Å². The van der Waals surface area contributed by atoms with Crippen molar-refractivity contribution in [3.8, 4) is 0 Å². The highest BCUT2D eigenvalue weighted by molar-refractivity contribution is 14.1. The Hall–Kier alpha value is -0.950. The number of rotatable bonds is 3. The Balaban J connectivity index is 1.96. The van der Waals surface area contributed by atoms with Gasteiger partial charge in [-0.2, -0.15) is 0 Å². The Labute approximate surface area is 114 Å². The minimum Gasteiger partial charge on any atom is -0.354 e. The number of Topliss-reactive ketones (excluding diaryl/α,β-unsaturated/α-hetero) is 1. The predicted octanol–water partition coefficient (Wildman–Crippen LogP) is 0.906. The van der Waals surface area contributed by atoms with E-state index in [1.807, 2.05) is 29.2 Å². The Morgan fingerprint density at radius 2 is 2.06 bits per heavy atom. The second-order valence-corrected chi connectivity index (χ2v) is 5.24. The van der Waals surface area contributed by atoms with Crippen molar-refractivity contribution < 1.29 is 9.59 Å². The van der Waals surface area contributed by atoms with Gasteiger partial charge in [0.2, 0.25) is 5.91 Å². The molecule has 1 fully saturated rings. The van der Waals surface area contributed by atoms with Gasteiger partial charge in [-0.1, -0.05) is 12.1 Å². The average molecular weight is 344 g/mol. The predicted molar refractivity (Wildman–Crippen MR) is 72.9 cm³/mol. The number of ketones is 1. The van der Waals surface area contributed by atoms with Gasteiger partial charge >= 0.3 is 0 Å². The van der Waals surface area contributed by atoms with Crippen LogP contribution >= 0.6 is 22.6 Å². The summed E-state index contributed by atoms with van der Waals surface area (Å²) in [5.74, 6) is 0.0581. The lowest BCUT2D eigenvalue weighted by Gasteiger charge is -2.25. The standard InChI is InChI=1S/C12H13IN2O2/c13-10-3-1-9(2-4-10)11(16)7-15-6-5-14-12(17)8-15/h1-4H,5-8H2,(H,14,17). The zero-order chi connectivity index (χ0) is 12.3. The van der Waals surface area contributed by atoms with Crippen LogP contribution in [0.4, 0.5) is 0 Å². The van der Waals surface area contributed by atoms with Gasteiger partial charge in [0, 0.05) is 22.2 Å². The molecule has 4 nitrogen and oxygen atoms in total. The molecule has 0 spiro atoms. The summed E-state index contributed by atoms with van der Waals surface area (Å²) in [6, 6.07) is 7.48. The van der Waals surface area contributed by atoms with E-state index in [0.29, 0.717) is 25.2 Å². The molecule has 1 aromatic rings. The number of carbonyl (C=O) groups is 2. The lowest BCUT2D eigenvalue weighted by molar-refractivity contribution is -0.123. The van der Waals surface area contributed by atoms with Gasteiger partial charge in [0.25, 0.3) is 0 Å². The maximum atomic E-state index is 12.0. The number of benzene rings is 1. The zero-order valence-corrected chi connectivity index (χ0v) is 11.4. The molecule has 1 heterocycles. The molecule has 0 aliphatic carbocycles. The molecule has 1 saturated heterocycles. The lowest BCUT2D eigenvalue weighted by Crippen LogP contribution is -2.49. The third kappa shape index (κ3) is 3.50. The second kappa shape index (κ2) is 5.59. The fraction of sp³-hybridized carbons (Fsp3) is 0.333. The van der Waals surface area contributed by atoms with E-state index in [2.05, 4.69) is 27.9 Å². The molecule has 1 amide bonds. The summed E-state index contributed by atoms with van der Waals surface area (Å²) in [5, 5.41) is 2.74. The Bertz CT molecular complexity index is 431. The van der Waals surface area contributed by atoms with Gasteiger partial charge in [0.1, 0.15) is 0 Å². The summed E-state index contributed by atoms with van der Waals surface area (Å²) < 4.78 is 1.11. The van der Waals surface area contributed by atoms with E-state index in [0.717, 1.165) is 10.1 Å². The molecule has 0 atom stereocenters. The highest BCUT2D eigenvalue weighted by atomic mass is 127. The van der Waals surface area contributed by atoms with Gasteiger partial charge < -0.3 is 5.32 Å². The Kier molecular flexibility index (Phi) is 4.11.